The first-order valence-electron chi connectivity index (χ1n) is 9.80. The van der Waals surface area contributed by atoms with E-state index in [1.54, 1.807) is 12.1 Å². The van der Waals surface area contributed by atoms with Crippen LogP contribution >= 0.6 is 0 Å². The van der Waals surface area contributed by atoms with E-state index in [2.05, 4.69) is 54.3 Å². The number of nitrogens with two attached hydrogens (primary N) is 1. The van der Waals surface area contributed by atoms with E-state index in [4.69, 9.17) is 5.73 Å². The number of nitrogen functional groups attached to an aromatic ring is 1. The lowest BCUT2D eigenvalue weighted by molar-refractivity contribution is -0.384. The molecule has 0 saturated carbocycles. The summed E-state index contributed by atoms with van der Waals surface area (Å²) in [6.45, 7) is 5.04. The first-order chi connectivity index (χ1) is 13.6. The minimum absolute atomic E-state index is 0.00435. The van der Waals surface area contributed by atoms with E-state index >= 15 is 0 Å². The van der Waals surface area contributed by atoms with Crippen LogP contribution < -0.4 is 5.73 Å². The van der Waals surface area contributed by atoms with Gasteiger partial charge in [0.05, 0.1) is 4.92 Å². The molecule has 0 heterocycles. The maximum Gasteiger partial charge on any atom is 0.292 e. The van der Waals surface area contributed by atoms with Gasteiger partial charge in [-0.3, -0.25) is 10.1 Å². The van der Waals surface area contributed by atoms with Gasteiger partial charge < -0.3 is 10.6 Å². The standard InChI is InChI=1S/C23H27N3O2/c1-2-14-25(15-12-18-10-11-22(24)23(17-18)26(27)28)16-13-20-8-5-7-19-6-3-4-9-21(19)20/h3-11,17H,2,12-16,24H2,1H3. The average molecular weight is 377 g/mol. The third kappa shape index (κ3) is 4.87. The molecular weight excluding hydrogens is 350 g/mol. The summed E-state index contributed by atoms with van der Waals surface area (Å²) in [6.07, 6.45) is 2.84. The number of hydrogen-bond donors (Lipinski definition) is 1. The monoisotopic (exact) mass is 377 g/mol. The third-order valence-electron chi connectivity index (χ3n) is 5.13. The van der Waals surface area contributed by atoms with Crippen LogP contribution in [0.5, 0.6) is 0 Å². The van der Waals surface area contributed by atoms with Crippen LogP contribution in [-0.2, 0) is 12.8 Å². The Morgan fingerprint density at radius 1 is 0.964 bits per heavy atom. The molecule has 0 aliphatic carbocycles. The van der Waals surface area contributed by atoms with Crippen molar-refractivity contribution in [2.24, 2.45) is 0 Å². The highest BCUT2D eigenvalue weighted by Crippen LogP contribution is 2.23. The second kappa shape index (κ2) is 9.33. The zero-order valence-corrected chi connectivity index (χ0v) is 16.3. The normalized spacial score (nSPS) is 11.2. The first-order valence-corrected chi connectivity index (χ1v) is 9.80. The Bertz CT molecular complexity index is 950. The first kappa shape index (κ1) is 19.8. The summed E-state index contributed by atoms with van der Waals surface area (Å²) in [6, 6.07) is 20.1. The Kier molecular flexibility index (Phi) is 6.61. The largest absolute Gasteiger partial charge is 0.393 e. The lowest BCUT2D eigenvalue weighted by Gasteiger charge is -2.22. The molecule has 0 aliphatic heterocycles. The summed E-state index contributed by atoms with van der Waals surface area (Å²) >= 11 is 0. The van der Waals surface area contributed by atoms with Crippen molar-refractivity contribution in [1.29, 1.82) is 0 Å². The molecule has 0 radical (unpaired) electrons. The maximum atomic E-state index is 11.1. The molecule has 0 fully saturated rings. The molecule has 3 rings (SSSR count). The minimum atomic E-state index is -0.414. The average Bonchev–Trinajstić information content (AvgIpc) is 2.70. The summed E-state index contributed by atoms with van der Waals surface area (Å²) in [4.78, 5) is 13.1. The van der Waals surface area contributed by atoms with Crippen molar-refractivity contribution in [3.63, 3.8) is 0 Å². The maximum absolute atomic E-state index is 11.1. The smallest absolute Gasteiger partial charge is 0.292 e. The van der Waals surface area contributed by atoms with E-state index in [1.807, 2.05) is 6.07 Å². The van der Waals surface area contributed by atoms with Crippen molar-refractivity contribution < 1.29 is 4.92 Å². The van der Waals surface area contributed by atoms with E-state index < -0.39 is 4.92 Å². The van der Waals surface area contributed by atoms with E-state index in [9.17, 15) is 10.1 Å². The molecule has 3 aromatic carbocycles. The molecule has 0 unspecified atom stereocenters. The van der Waals surface area contributed by atoms with E-state index in [-0.39, 0.29) is 11.4 Å². The Morgan fingerprint density at radius 3 is 2.50 bits per heavy atom. The van der Waals surface area contributed by atoms with Gasteiger partial charge in [-0.25, -0.2) is 0 Å². The molecule has 0 aliphatic rings. The highest BCUT2D eigenvalue weighted by molar-refractivity contribution is 5.85. The SMILES string of the molecule is CCCN(CCc1ccc(N)c([N+](=O)[O-])c1)CCc1cccc2ccccc12. The number of benzene rings is 3. The van der Waals surface area contributed by atoms with Crippen molar-refractivity contribution in [1.82, 2.24) is 4.90 Å². The van der Waals surface area contributed by atoms with Crippen molar-refractivity contribution in [3.8, 4) is 0 Å². The fraction of sp³-hybridized carbons (Fsp3) is 0.304. The van der Waals surface area contributed by atoms with Crippen molar-refractivity contribution in [3.05, 3.63) is 81.9 Å². The van der Waals surface area contributed by atoms with Crippen LogP contribution in [0.3, 0.4) is 0 Å². The molecule has 0 aromatic heterocycles. The van der Waals surface area contributed by atoms with Crippen LogP contribution in [-0.4, -0.2) is 29.5 Å². The summed E-state index contributed by atoms with van der Waals surface area (Å²) in [5.41, 5.74) is 8.23. The van der Waals surface area contributed by atoms with E-state index in [0.29, 0.717) is 0 Å². The predicted octanol–water partition coefficient (Wildman–Crippen LogP) is 4.83. The van der Waals surface area contributed by atoms with Gasteiger partial charge in [-0.1, -0.05) is 55.5 Å². The molecule has 0 amide bonds. The van der Waals surface area contributed by atoms with Crippen LogP contribution in [0.4, 0.5) is 11.4 Å². The molecule has 0 atom stereocenters. The van der Waals surface area contributed by atoms with Crippen LogP contribution in [0.15, 0.2) is 60.7 Å². The third-order valence-corrected chi connectivity index (χ3v) is 5.13. The zero-order valence-electron chi connectivity index (χ0n) is 16.3. The van der Waals surface area contributed by atoms with Gasteiger partial charge in [-0.05, 0) is 53.8 Å². The predicted molar refractivity (Wildman–Crippen MR) is 116 cm³/mol. The van der Waals surface area contributed by atoms with Crippen molar-refractivity contribution in [2.45, 2.75) is 26.2 Å². The number of anilines is 1. The number of nitrogens with zero attached hydrogens (tertiary/aromatic N) is 2. The molecule has 28 heavy (non-hydrogen) atoms. The van der Waals surface area contributed by atoms with Gasteiger partial charge in [0.2, 0.25) is 0 Å². The number of hydrogen-bond acceptors (Lipinski definition) is 4. The zero-order chi connectivity index (χ0) is 19.9. The number of rotatable bonds is 9. The Balaban J connectivity index is 1.65. The van der Waals surface area contributed by atoms with Gasteiger partial charge in [0.1, 0.15) is 5.69 Å². The second-order valence-corrected chi connectivity index (χ2v) is 7.13. The molecule has 146 valence electrons. The number of nitro groups is 1. The Hall–Kier alpha value is -2.92. The van der Waals surface area contributed by atoms with Gasteiger partial charge in [-0.2, -0.15) is 0 Å². The quantitative estimate of drug-likeness (QED) is 0.329. The Morgan fingerprint density at radius 2 is 1.71 bits per heavy atom. The molecular formula is C23H27N3O2. The fourth-order valence-corrected chi connectivity index (χ4v) is 3.63. The van der Waals surface area contributed by atoms with Crippen molar-refractivity contribution in [2.75, 3.05) is 25.4 Å². The van der Waals surface area contributed by atoms with Crippen LogP contribution in [0.2, 0.25) is 0 Å². The minimum Gasteiger partial charge on any atom is -0.393 e. The summed E-state index contributed by atoms with van der Waals surface area (Å²) < 4.78 is 0. The van der Waals surface area contributed by atoms with Gasteiger partial charge >= 0.3 is 0 Å². The van der Waals surface area contributed by atoms with Gasteiger partial charge in [0.15, 0.2) is 0 Å². The summed E-state index contributed by atoms with van der Waals surface area (Å²) in [5.74, 6) is 0. The van der Waals surface area contributed by atoms with Crippen molar-refractivity contribution >= 4 is 22.1 Å². The van der Waals surface area contributed by atoms with Crippen LogP contribution in [0.1, 0.15) is 24.5 Å². The number of fused-ring (bicyclic) bond motifs is 1. The molecule has 0 spiro atoms. The molecule has 2 N–H and O–H groups in total. The lowest BCUT2D eigenvalue weighted by atomic mass is 10.0. The number of nitro benzene ring substituents is 1. The second-order valence-electron chi connectivity index (χ2n) is 7.13. The van der Waals surface area contributed by atoms with Gasteiger partial charge in [0, 0.05) is 19.2 Å². The molecule has 5 heteroatoms. The van der Waals surface area contributed by atoms with Gasteiger partial charge in [0.25, 0.3) is 5.69 Å². The topological polar surface area (TPSA) is 72.4 Å². The Labute approximate surface area is 165 Å². The fourth-order valence-electron chi connectivity index (χ4n) is 3.63. The molecule has 0 saturated heterocycles. The summed E-state index contributed by atoms with van der Waals surface area (Å²) in [7, 11) is 0. The molecule has 3 aromatic rings. The van der Waals surface area contributed by atoms with Gasteiger partial charge in [-0.15, -0.1) is 0 Å². The molecule has 5 nitrogen and oxygen atoms in total. The highest BCUT2D eigenvalue weighted by atomic mass is 16.6. The van der Waals surface area contributed by atoms with Crippen LogP contribution in [0, 0.1) is 10.1 Å². The summed E-state index contributed by atoms with van der Waals surface area (Å²) in [5, 5.41) is 13.7. The van der Waals surface area contributed by atoms with Crippen LogP contribution in [0.25, 0.3) is 10.8 Å². The van der Waals surface area contributed by atoms with E-state index in [0.717, 1.165) is 44.5 Å². The lowest BCUT2D eigenvalue weighted by Crippen LogP contribution is -2.29. The molecule has 0 bridgehead atoms. The van der Waals surface area contributed by atoms with E-state index in [1.165, 1.54) is 16.3 Å². The highest BCUT2D eigenvalue weighted by Gasteiger charge is 2.13.